The van der Waals surface area contributed by atoms with Crippen LogP contribution in [0, 0.1) is 6.92 Å². The third kappa shape index (κ3) is 3.13. The fraction of sp³-hybridized carbons (Fsp3) is 0.278. The molecule has 1 unspecified atom stereocenters. The molecule has 1 atom stereocenters. The van der Waals surface area contributed by atoms with E-state index in [0.29, 0.717) is 11.5 Å². The lowest BCUT2D eigenvalue weighted by atomic mass is 10.1. The quantitative estimate of drug-likeness (QED) is 0.785. The Hall–Kier alpha value is -3.29. The summed E-state index contributed by atoms with van der Waals surface area (Å²) < 4.78 is 1.63. The van der Waals surface area contributed by atoms with Crippen LogP contribution in [-0.4, -0.2) is 42.7 Å². The third-order valence-electron chi connectivity index (χ3n) is 4.57. The van der Waals surface area contributed by atoms with Crippen LogP contribution in [0.3, 0.4) is 0 Å². The van der Waals surface area contributed by atoms with Crippen molar-refractivity contribution in [1.29, 1.82) is 0 Å². The number of nitrogens with zero attached hydrogens (tertiary/aromatic N) is 6. The topological polar surface area (TPSA) is 88.8 Å². The van der Waals surface area contributed by atoms with Crippen LogP contribution in [0.4, 0.5) is 10.5 Å². The number of aryl methyl sites for hydroxylation is 1. The van der Waals surface area contributed by atoms with Gasteiger partial charge in [-0.05, 0) is 66.1 Å². The van der Waals surface area contributed by atoms with Crippen molar-refractivity contribution >= 4 is 11.7 Å². The first kappa shape index (κ1) is 16.2. The molecule has 8 heteroatoms. The minimum atomic E-state index is -0.102. The third-order valence-corrected chi connectivity index (χ3v) is 4.57. The molecule has 132 valence electrons. The molecule has 1 fully saturated rings. The Kier molecular flexibility index (Phi) is 4.30. The van der Waals surface area contributed by atoms with Crippen molar-refractivity contribution in [2.45, 2.75) is 25.8 Å². The molecule has 2 amide bonds. The highest BCUT2D eigenvalue weighted by molar-refractivity contribution is 5.90. The Balaban J connectivity index is 1.52. The molecule has 1 aliphatic rings. The fourth-order valence-electron chi connectivity index (χ4n) is 3.32. The lowest BCUT2D eigenvalue weighted by molar-refractivity contribution is 0.207. The fourth-order valence-corrected chi connectivity index (χ4v) is 3.32. The zero-order chi connectivity index (χ0) is 17.9. The first-order chi connectivity index (χ1) is 12.7. The van der Waals surface area contributed by atoms with Gasteiger partial charge in [-0.1, -0.05) is 6.07 Å². The van der Waals surface area contributed by atoms with Crippen LogP contribution in [0.15, 0.2) is 48.8 Å². The van der Waals surface area contributed by atoms with Crippen molar-refractivity contribution in [1.82, 2.24) is 30.1 Å². The lowest BCUT2D eigenvalue weighted by Crippen LogP contribution is -2.34. The molecule has 0 saturated carbocycles. The standard InChI is InChI=1S/C18H19N7O/c1-13-21-22-23-25(13)16-5-2-4-15(12-16)20-18(26)24-11-3-6-17(24)14-7-9-19-10-8-14/h2,4-5,7-10,12,17H,3,6,11H2,1H3,(H,20,26). The summed E-state index contributed by atoms with van der Waals surface area (Å²) in [5, 5.41) is 14.5. The van der Waals surface area contributed by atoms with Gasteiger partial charge in [-0.3, -0.25) is 4.98 Å². The molecule has 1 aromatic carbocycles. The Morgan fingerprint density at radius 1 is 1.23 bits per heavy atom. The highest BCUT2D eigenvalue weighted by Gasteiger charge is 2.30. The van der Waals surface area contributed by atoms with Gasteiger partial charge in [0, 0.05) is 24.6 Å². The van der Waals surface area contributed by atoms with Gasteiger partial charge in [-0.15, -0.1) is 5.10 Å². The predicted octanol–water partition coefficient (Wildman–Crippen LogP) is 2.73. The lowest BCUT2D eigenvalue weighted by Gasteiger charge is -2.25. The van der Waals surface area contributed by atoms with Crippen molar-refractivity contribution in [3.63, 3.8) is 0 Å². The molecule has 26 heavy (non-hydrogen) atoms. The van der Waals surface area contributed by atoms with Crippen LogP contribution in [0.1, 0.15) is 30.3 Å². The number of urea groups is 1. The smallest absolute Gasteiger partial charge is 0.317 e. The molecule has 4 rings (SSSR count). The minimum Gasteiger partial charge on any atom is -0.317 e. The Bertz CT molecular complexity index is 909. The number of aromatic nitrogens is 5. The Morgan fingerprint density at radius 3 is 2.85 bits per heavy atom. The van der Waals surface area contributed by atoms with E-state index in [2.05, 4.69) is 25.8 Å². The number of hydrogen-bond acceptors (Lipinski definition) is 5. The summed E-state index contributed by atoms with van der Waals surface area (Å²) in [6.45, 7) is 2.57. The van der Waals surface area contributed by atoms with Crippen molar-refractivity contribution in [3.8, 4) is 5.69 Å². The number of nitrogens with one attached hydrogen (secondary N) is 1. The maximum absolute atomic E-state index is 12.8. The van der Waals surface area contributed by atoms with Gasteiger partial charge in [-0.2, -0.15) is 4.68 Å². The average Bonchev–Trinajstić information content (AvgIpc) is 3.31. The molecule has 1 saturated heterocycles. The van der Waals surface area contributed by atoms with Gasteiger partial charge in [-0.25, -0.2) is 4.79 Å². The molecule has 0 spiro atoms. The Morgan fingerprint density at radius 2 is 2.08 bits per heavy atom. The second-order valence-corrected chi connectivity index (χ2v) is 6.25. The minimum absolute atomic E-state index is 0.0861. The summed E-state index contributed by atoms with van der Waals surface area (Å²) >= 11 is 0. The molecule has 1 aliphatic heterocycles. The van der Waals surface area contributed by atoms with Crippen molar-refractivity contribution in [2.75, 3.05) is 11.9 Å². The van der Waals surface area contributed by atoms with Crippen molar-refractivity contribution < 1.29 is 4.79 Å². The number of pyridine rings is 1. The predicted molar refractivity (Wildman–Crippen MR) is 95.8 cm³/mol. The van der Waals surface area contributed by atoms with E-state index in [4.69, 9.17) is 0 Å². The maximum Gasteiger partial charge on any atom is 0.322 e. The van der Waals surface area contributed by atoms with Gasteiger partial charge in [0.1, 0.15) is 0 Å². The van der Waals surface area contributed by atoms with Crippen LogP contribution < -0.4 is 5.32 Å². The van der Waals surface area contributed by atoms with Crippen LogP contribution in [0.2, 0.25) is 0 Å². The number of carbonyl (C=O) groups excluding carboxylic acids is 1. The summed E-state index contributed by atoms with van der Waals surface area (Å²) in [5.41, 5.74) is 2.63. The van der Waals surface area contributed by atoms with Gasteiger partial charge in [0.15, 0.2) is 5.82 Å². The second kappa shape index (κ2) is 6.91. The molecular formula is C18H19N7O. The molecule has 0 radical (unpaired) electrons. The summed E-state index contributed by atoms with van der Waals surface area (Å²) in [5.74, 6) is 0.686. The number of amides is 2. The van der Waals surface area contributed by atoms with E-state index in [1.54, 1.807) is 17.1 Å². The first-order valence-electron chi connectivity index (χ1n) is 8.55. The SMILES string of the molecule is Cc1nnnn1-c1cccc(NC(=O)N2CCCC2c2ccncc2)c1. The molecule has 2 aromatic heterocycles. The number of carbonyl (C=O) groups is 1. The highest BCUT2D eigenvalue weighted by Crippen LogP contribution is 2.32. The molecule has 3 heterocycles. The largest absolute Gasteiger partial charge is 0.322 e. The molecular weight excluding hydrogens is 330 g/mol. The summed E-state index contributed by atoms with van der Waals surface area (Å²) in [4.78, 5) is 18.8. The van der Waals surface area contributed by atoms with E-state index in [1.165, 1.54) is 0 Å². The van der Waals surface area contributed by atoms with Gasteiger partial charge in [0.25, 0.3) is 0 Å². The van der Waals surface area contributed by atoms with Crippen molar-refractivity contribution in [3.05, 3.63) is 60.2 Å². The van der Waals surface area contributed by atoms with Crippen LogP contribution in [-0.2, 0) is 0 Å². The van der Waals surface area contributed by atoms with Crippen LogP contribution in [0.25, 0.3) is 5.69 Å². The van der Waals surface area contributed by atoms with E-state index in [9.17, 15) is 4.79 Å². The monoisotopic (exact) mass is 349 g/mol. The zero-order valence-electron chi connectivity index (χ0n) is 14.4. The summed E-state index contributed by atoms with van der Waals surface area (Å²) in [7, 11) is 0. The number of hydrogen-bond donors (Lipinski definition) is 1. The first-order valence-corrected chi connectivity index (χ1v) is 8.55. The molecule has 8 nitrogen and oxygen atoms in total. The zero-order valence-corrected chi connectivity index (χ0v) is 14.4. The van der Waals surface area contributed by atoms with Crippen LogP contribution >= 0.6 is 0 Å². The molecule has 0 aliphatic carbocycles. The number of benzene rings is 1. The number of rotatable bonds is 3. The van der Waals surface area contributed by atoms with E-state index < -0.39 is 0 Å². The normalized spacial score (nSPS) is 16.7. The number of likely N-dealkylation sites (tertiary alicyclic amines) is 1. The van der Waals surface area contributed by atoms with Gasteiger partial charge >= 0.3 is 6.03 Å². The Labute approximate surface area is 150 Å². The van der Waals surface area contributed by atoms with Gasteiger partial charge in [0.05, 0.1) is 11.7 Å². The summed E-state index contributed by atoms with van der Waals surface area (Å²) in [6.07, 6.45) is 5.48. The van der Waals surface area contributed by atoms with E-state index in [0.717, 1.165) is 30.6 Å². The molecule has 0 bridgehead atoms. The average molecular weight is 349 g/mol. The van der Waals surface area contributed by atoms with Crippen LogP contribution in [0.5, 0.6) is 0 Å². The van der Waals surface area contributed by atoms with Crippen molar-refractivity contribution in [2.24, 2.45) is 0 Å². The summed E-state index contributed by atoms with van der Waals surface area (Å²) in [6, 6.07) is 11.4. The molecule has 1 N–H and O–H groups in total. The molecule has 3 aromatic rings. The van der Waals surface area contributed by atoms with Gasteiger partial charge in [0.2, 0.25) is 0 Å². The number of tetrazole rings is 1. The van der Waals surface area contributed by atoms with Gasteiger partial charge < -0.3 is 10.2 Å². The number of anilines is 1. The second-order valence-electron chi connectivity index (χ2n) is 6.25. The van der Waals surface area contributed by atoms with E-state index in [1.807, 2.05) is 48.2 Å². The van der Waals surface area contributed by atoms with E-state index >= 15 is 0 Å². The highest BCUT2D eigenvalue weighted by atomic mass is 16.2. The van der Waals surface area contributed by atoms with E-state index in [-0.39, 0.29) is 12.1 Å². The maximum atomic E-state index is 12.8.